The number of hydrogen-bond donors (Lipinski definition) is 2. The minimum Gasteiger partial charge on any atom is -0.497 e. The summed E-state index contributed by atoms with van der Waals surface area (Å²) >= 11 is 0. The monoisotopic (exact) mass is 678 g/mol. The van der Waals surface area contributed by atoms with E-state index in [9.17, 15) is 19.2 Å². The molecule has 1 aromatic carbocycles. The van der Waals surface area contributed by atoms with Crippen molar-refractivity contribution in [2.45, 2.75) is 109 Å². The fourth-order valence-corrected chi connectivity index (χ4v) is 6.37. The van der Waals surface area contributed by atoms with Crippen molar-refractivity contribution < 1.29 is 38.1 Å². The van der Waals surface area contributed by atoms with E-state index in [2.05, 4.69) is 17.2 Å². The van der Waals surface area contributed by atoms with E-state index in [1.165, 1.54) is 4.90 Å². The lowest BCUT2D eigenvalue weighted by atomic mass is 9.85. The summed E-state index contributed by atoms with van der Waals surface area (Å²) in [6.45, 7) is 16.5. The zero-order chi connectivity index (χ0) is 35.9. The van der Waals surface area contributed by atoms with Crippen molar-refractivity contribution in [1.29, 1.82) is 0 Å². The van der Waals surface area contributed by atoms with Gasteiger partial charge in [0.2, 0.25) is 11.8 Å². The van der Waals surface area contributed by atoms with Crippen LogP contribution < -0.4 is 20.1 Å². The molecule has 1 aromatic heterocycles. The molecule has 3 aliphatic rings. The van der Waals surface area contributed by atoms with Crippen LogP contribution in [0.3, 0.4) is 0 Å². The standard InChI is InChI=1S/C37H50N4O8/c1-10-22-19-37(22,33(44)47-11-2)40-31(42)28-17-24(20-41(28)32(43)30(35(3,4)5)39-34(45)49-36(6,7)8)48-29-18-26(21-12-13-21)38-27-16-23(46-9)14-15-25(27)29/h10,14-16,18,21-22,24,28,30H,1,11-13,17,19-20H2,2-9H3,(H,39,45)(H,40,42)/t22-,24-,28+,30-,37-/m1/s1. The largest absolute Gasteiger partial charge is 0.497 e. The van der Waals surface area contributed by atoms with Crippen molar-refractivity contribution in [2.24, 2.45) is 11.3 Å². The first-order valence-electron chi connectivity index (χ1n) is 17.1. The summed E-state index contributed by atoms with van der Waals surface area (Å²) in [5.41, 5.74) is -1.13. The number of rotatable bonds is 11. The summed E-state index contributed by atoms with van der Waals surface area (Å²) in [5, 5.41) is 6.45. The van der Waals surface area contributed by atoms with E-state index in [-0.39, 0.29) is 25.5 Å². The lowest BCUT2D eigenvalue weighted by Crippen LogP contribution is -2.59. The zero-order valence-corrected chi connectivity index (χ0v) is 29.9. The third-order valence-corrected chi connectivity index (χ3v) is 9.20. The Balaban J connectivity index is 1.47. The Labute approximate surface area is 288 Å². The van der Waals surface area contributed by atoms with Crippen LogP contribution in [0.15, 0.2) is 36.9 Å². The van der Waals surface area contributed by atoms with Crippen molar-refractivity contribution in [3.63, 3.8) is 0 Å². The summed E-state index contributed by atoms with van der Waals surface area (Å²) in [6.07, 6.45) is 2.88. The molecule has 2 saturated carbocycles. The molecule has 49 heavy (non-hydrogen) atoms. The Bertz CT molecular complexity index is 1620. The predicted octanol–water partition coefficient (Wildman–Crippen LogP) is 5.03. The zero-order valence-electron chi connectivity index (χ0n) is 29.9. The number of carbonyl (C=O) groups excluding carboxylic acids is 4. The normalized spacial score (nSPS) is 24.1. The molecule has 0 radical (unpaired) electrons. The molecule has 0 unspecified atom stereocenters. The van der Waals surface area contributed by atoms with Gasteiger partial charge in [-0.25, -0.2) is 9.59 Å². The molecule has 0 spiro atoms. The number of likely N-dealkylation sites (tertiary alicyclic amines) is 1. The van der Waals surface area contributed by atoms with E-state index in [1.807, 2.05) is 45.0 Å². The number of pyridine rings is 1. The van der Waals surface area contributed by atoms with Gasteiger partial charge in [-0.05, 0) is 64.5 Å². The smallest absolute Gasteiger partial charge is 0.408 e. The Morgan fingerprint density at radius 2 is 1.84 bits per heavy atom. The number of hydrogen-bond acceptors (Lipinski definition) is 9. The van der Waals surface area contributed by atoms with E-state index < -0.39 is 58.6 Å². The third kappa shape index (κ3) is 7.94. The minimum atomic E-state index is -1.25. The van der Waals surface area contributed by atoms with Gasteiger partial charge in [-0.2, -0.15) is 0 Å². The average Bonchev–Trinajstić information content (AvgIpc) is 3.94. The Kier molecular flexibility index (Phi) is 9.91. The Hall–Kier alpha value is -4.35. The molecule has 266 valence electrons. The summed E-state index contributed by atoms with van der Waals surface area (Å²) in [6, 6.07) is 5.50. The highest BCUT2D eigenvalue weighted by molar-refractivity contribution is 5.97. The van der Waals surface area contributed by atoms with Crippen molar-refractivity contribution >= 4 is 34.8 Å². The second-order valence-electron chi connectivity index (χ2n) is 15.4. The van der Waals surface area contributed by atoms with Crippen LogP contribution in [0.2, 0.25) is 0 Å². The van der Waals surface area contributed by atoms with Gasteiger partial charge in [0.1, 0.15) is 40.8 Å². The molecule has 5 rings (SSSR count). The molecule has 1 aliphatic heterocycles. The van der Waals surface area contributed by atoms with Crippen molar-refractivity contribution in [2.75, 3.05) is 20.3 Å². The second kappa shape index (κ2) is 13.5. The van der Waals surface area contributed by atoms with Crippen molar-refractivity contribution in [3.8, 4) is 11.5 Å². The lowest BCUT2D eigenvalue weighted by Gasteiger charge is -2.36. The number of carbonyl (C=O) groups is 4. The maximum absolute atomic E-state index is 14.5. The van der Waals surface area contributed by atoms with Gasteiger partial charge in [0.05, 0.1) is 25.8 Å². The van der Waals surface area contributed by atoms with Gasteiger partial charge >= 0.3 is 12.1 Å². The SMILES string of the molecule is C=C[C@@H]1C[C@]1(NC(=O)[C@@H]1C[C@@H](Oc2cc(C3CC3)nc3cc(OC)ccc23)CN1C(=O)[C@@H](NC(=O)OC(C)(C)C)C(C)(C)C)C(=O)OCC. The van der Waals surface area contributed by atoms with Crippen LogP contribution in [0.5, 0.6) is 11.5 Å². The number of aromatic nitrogens is 1. The lowest BCUT2D eigenvalue weighted by molar-refractivity contribution is -0.150. The van der Waals surface area contributed by atoms with Crippen molar-refractivity contribution in [1.82, 2.24) is 20.5 Å². The molecule has 12 heteroatoms. The topological polar surface area (TPSA) is 145 Å². The summed E-state index contributed by atoms with van der Waals surface area (Å²) in [7, 11) is 1.60. The van der Waals surface area contributed by atoms with Crippen LogP contribution in [0.25, 0.3) is 10.9 Å². The van der Waals surface area contributed by atoms with E-state index >= 15 is 0 Å². The number of esters is 1. The summed E-state index contributed by atoms with van der Waals surface area (Å²) in [4.78, 5) is 60.9. The van der Waals surface area contributed by atoms with Crippen molar-refractivity contribution in [3.05, 3.63) is 42.6 Å². The summed E-state index contributed by atoms with van der Waals surface area (Å²) in [5.74, 6) is -0.192. The van der Waals surface area contributed by atoms with Gasteiger partial charge in [0.25, 0.3) is 0 Å². The maximum atomic E-state index is 14.5. The van der Waals surface area contributed by atoms with Crippen LogP contribution >= 0.6 is 0 Å². The molecule has 2 aliphatic carbocycles. The molecule has 5 atom stereocenters. The number of methoxy groups -OCH3 is 1. The molecule has 2 aromatic rings. The number of ether oxygens (including phenoxy) is 4. The van der Waals surface area contributed by atoms with Crippen LogP contribution in [0, 0.1) is 11.3 Å². The van der Waals surface area contributed by atoms with Gasteiger partial charge < -0.3 is 34.5 Å². The van der Waals surface area contributed by atoms with Crippen LogP contribution in [-0.4, -0.2) is 83.3 Å². The number of alkyl carbamates (subject to hydrolysis) is 1. The Morgan fingerprint density at radius 3 is 2.41 bits per heavy atom. The van der Waals surface area contributed by atoms with E-state index in [0.717, 1.165) is 29.4 Å². The molecule has 2 heterocycles. The highest BCUT2D eigenvalue weighted by atomic mass is 16.6. The molecule has 3 amide bonds. The van der Waals surface area contributed by atoms with Gasteiger partial charge in [-0.3, -0.25) is 14.6 Å². The van der Waals surface area contributed by atoms with Gasteiger partial charge in [0.15, 0.2) is 0 Å². The fourth-order valence-electron chi connectivity index (χ4n) is 6.37. The van der Waals surface area contributed by atoms with Crippen LogP contribution in [0.1, 0.15) is 85.8 Å². The molecular formula is C37H50N4O8. The predicted molar refractivity (Wildman–Crippen MR) is 183 cm³/mol. The third-order valence-electron chi connectivity index (χ3n) is 9.20. The first-order chi connectivity index (χ1) is 23.0. The molecule has 1 saturated heterocycles. The first kappa shape index (κ1) is 35.9. The van der Waals surface area contributed by atoms with Gasteiger partial charge in [0, 0.05) is 41.5 Å². The summed E-state index contributed by atoms with van der Waals surface area (Å²) < 4.78 is 22.9. The Morgan fingerprint density at radius 1 is 1.12 bits per heavy atom. The van der Waals surface area contributed by atoms with Crippen LogP contribution in [0.4, 0.5) is 4.79 Å². The quantitative estimate of drug-likeness (QED) is 0.247. The second-order valence-corrected chi connectivity index (χ2v) is 15.4. The molecule has 0 bridgehead atoms. The fraction of sp³-hybridized carbons (Fsp3) is 0.595. The first-order valence-corrected chi connectivity index (χ1v) is 17.1. The number of amides is 3. The number of nitrogens with zero attached hydrogens (tertiary/aromatic N) is 2. The molecule has 3 fully saturated rings. The van der Waals surface area contributed by atoms with E-state index in [1.54, 1.807) is 40.9 Å². The number of nitrogens with one attached hydrogen (secondary N) is 2. The van der Waals surface area contributed by atoms with E-state index in [0.29, 0.717) is 23.8 Å². The highest BCUT2D eigenvalue weighted by Gasteiger charge is 2.62. The molecule has 12 nitrogen and oxygen atoms in total. The molecular weight excluding hydrogens is 628 g/mol. The van der Waals surface area contributed by atoms with Gasteiger partial charge in [-0.1, -0.05) is 26.8 Å². The minimum absolute atomic E-state index is 0.0650. The maximum Gasteiger partial charge on any atom is 0.408 e. The highest BCUT2D eigenvalue weighted by Crippen LogP contribution is 2.46. The van der Waals surface area contributed by atoms with E-state index in [4.69, 9.17) is 23.9 Å². The van der Waals surface area contributed by atoms with Crippen LogP contribution in [-0.2, 0) is 23.9 Å². The average molecular weight is 679 g/mol. The number of fused-ring (bicyclic) bond motifs is 1. The van der Waals surface area contributed by atoms with Gasteiger partial charge in [-0.15, -0.1) is 6.58 Å². The molecule has 2 N–H and O–H groups in total. The number of benzene rings is 1.